The smallest absolute Gasteiger partial charge is 0.279 e. The number of nitrogens with two attached hydrogens (primary N) is 1. The number of nitrogens with one attached hydrogen (secondary N) is 2. The second-order valence-electron chi connectivity index (χ2n) is 8.38. The summed E-state index contributed by atoms with van der Waals surface area (Å²) in [5.74, 6) is -0.313. The van der Waals surface area contributed by atoms with E-state index in [-0.39, 0.29) is 27.3 Å². The molecule has 0 bridgehead atoms. The standard InChI is InChI=1S/C26H19Br2N5O3S2/c27-17-12-19-23(31-32-26(37)30-21-10-3-4-11-22(21)38(29,35)36)25(34)33(24(19)20(28)13-17)14-16-8-5-7-15-6-1-2-9-18(15)16/h1-13H,14H2,(H2,29,35,36)(H2,30,32,37). The van der Waals surface area contributed by atoms with E-state index in [1.54, 1.807) is 17.0 Å². The number of sulfonamides is 1. The number of hydrogen-bond acceptors (Lipinski definition) is 5. The predicted molar refractivity (Wildman–Crippen MR) is 161 cm³/mol. The topological polar surface area (TPSA) is 117 Å². The molecule has 4 aromatic rings. The molecule has 1 amide bonds. The molecular formula is C26H19Br2N5O3S2. The molecule has 0 atom stereocenters. The van der Waals surface area contributed by atoms with Crippen molar-refractivity contribution >= 4 is 93.0 Å². The zero-order valence-electron chi connectivity index (χ0n) is 19.5. The predicted octanol–water partition coefficient (Wildman–Crippen LogP) is 5.25. The first-order valence-electron chi connectivity index (χ1n) is 11.2. The van der Waals surface area contributed by atoms with E-state index >= 15 is 0 Å². The van der Waals surface area contributed by atoms with E-state index in [4.69, 9.17) is 17.4 Å². The van der Waals surface area contributed by atoms with Crippen LogP contribution in [0.15, 0.2) is 97.8 Å². The molecule has 0 fully saturated rings. The number of carbonyl (C=O) groups excluding carboxylic acids is 1. The normalized spacial score (nSPS) is 14.1. The molecule has 4 N–H and O–H groups in total. The van der Waals surface area contributed by atoms with Crippen LogP contribution in [0.2, 0.25) is 0 Å². The van der Waals surface area contributed by atoms with Crippen LogP contribution in [0.1, 0.15) is 11.1 Å². The lowest BCUT2D eigenvalue weighted by Crippen LogP contribution is -2.32. The molecule has 0 spiro atoms. The van der Waals surface area contributed by atoms with Gasteiger partial charge in [0.1, 0.15) is 4.90 Å². The van der Waals surface area contributed by atoms with Crippen molar-refractivity contribution in [3.8, 4) is 0 Å². The van der Waals surface area contributed by atoms with Gasteiger partial charge in [-0.2, -0.15) is 5.10 Å². The van der Waals surface area contributed by atoms with Crippen molar-refractivity contribution in [2.75, 3.05) is 10.2 Å². The van der Waals surface area contributed by atoms with Crippen LogP contribution in [-0.2, 0) is 21.4 Å². The van der Waals surface area contributed by atoms with Crippen molar-refractivity contribution in [3.63, 3.8) is 0 Å². The van der Waals surface area contributed by atoms with Gasteiger partial charge in [-0.05, 0) is 68.7 Å². The molecule has 0 saturated heterocycles. The summed E-state index contributed by atoms with van der Waals surface area (Å²) in [5.41, 5.74) is 5.30. The Bertz CT molecular complexity index is 1750. The highest BCUT2D eigenvalue weighted by atomic mass is 79.9. The third kappa shape index (κ3) is 5.22. The number of thiocarbonyl (C=S) groups is 1. The Labute approximate surface area is 241 Å². The van der Waals surface area contributed by atoms with Gasteiger partial charge in [-0.1, -0.05) is 70.5 Å². The molecule has 192 valence electrons. The molecule has 1 aliphatic rings. The van der Waals surface area contributed by atoms with Crippen LogP contribution < -0.4 is 20.8 Å². The van der Waals surface area contributed by atoms with Crippen LogP contribution in [0, 0.1) is 0 Å². The first-order chi connectivity index (χ1) is 18.1. The van der Waals surface area contributed by atoms with E-state index in [2.05, 4.69) is 47.7 Å². The largest absolute Gasteiger partial charge is 0.330 e. The minimum atomic E-state index is -3.98. The first-order valence-corrected chi connectivity index (χ1v) is 14.7. The Morgan fingerprint density at radius 3 is 2.50 bits per heavy atom. The maximum absolute atomic E-state index is 13.7. The summed E-state index contributed by atoms with van der Waals surface area (Å²) in [6.07, 6.45) is 0. The molecule has 1 heterocycles. The summed E-state index contributed by atoms with van der Waals surface area (Å²) < 4.78 is 25.3. The average molecular weight is 673 g/mol. The Morgan fingerprint density at radius 2 is 1.71 bits per heavy atom. The minimum absolute atomic E-state index is 0.00971. The molecule has 0 saturated carbocycles. The summed E-state index contributed by atoms with van der Waals surface area (Å²) in [6, 6.07) is 23.8. The van der Waals surface area contributed by atoms with Gasteiger partial charge >= 0.3 is 0 Å². The quantitative estimate of drug-likeness (QED) is 0.197. The number of para-hydroxylation sites is 1. The van der Waals surface area contributed by atoms with Gasteiger partial charge < -0.3 is 10.2 Å². The van der Waals surface area contributed by atoms with Crippen LogP contribution in [0.5, 0.6) is 0 Å². The molecule has 0 radical (unpaired) electrons. The number of amides is 1. The fourth-order valence-electron chi connectivity index (χ4n) is 4.30. The summed E-state index contributed by atoms with van der Waals surface area (Å²) in [7, 11) is -3.98. The highest BCUT2D eigenvalue weighted by Gasteiger charge is 2.36. The van der Waals surface area contributed by atoms with Gasteiger partial charge in [-0.15, -0.1) is 0 Å². The van der Waals surface area contributed by atoms with E-state index in [0.29, 0.717) is 17.8 Å². The Kier molecular flexibility index (Phi) is 7.34. The SMILES string of the molecule is NS(=O)(=O)c1ccccc1NC(=S)NN=C1C(=O)N(Cc2cccc3ccccc23)c2c(Br)cc(Br)cc21. The lowest BCUT2D eigenvalue weighted by atomic mass is 10.0. The Morgan fingerprint density at radius 1 is 1.00 bits per heavy atom. The third-order valence-corrected chi connectivity index (χ3v) is 8.15. The van der Waals surface area contributed by atoms with E-state index in [1.165, 1.54) is 12.1 Å². The molecule has 38 heavy (non-hydrogen) atoms. The minimum Gasteiger partial charge on any atom is -0.330 e. The van der Waals surface area contributed by atoms with E-state index in [0.717, 1.165) is 25.3 Å². The fraction of sp³-hybridized carbons (Fsp3) is 0.0385. The van der Waals surface area contributed by atoms with E-state index in [1.807, 2.05) is 54.6 Å². The van der Waals surface area contributed by atoms with Crippen LogP contribution >= 0.6 is 44.1 Å². The summed E-state index contributed by atoms with van der Waals surface area (Å²) >= 11 is 12.4. The number of hydrogen-bond donors (Lipinski definition) is 3. The number of anilines is 2. The Balaban J connectivity index is 1.47. The highest BCUT2D eigenvalue weighted by Crippen LogP contribution is 2.40. The maximum Gasteiger partial charge on any atom is 0.279 e. The molecule has 0 aliphatic carbocycles. The molecule has 0 aromatic heterocycles. The number of halogens is 2. The van der Waals surface area contributed by atoms with E-state index in [9.17, 15) is 13.2 Å². The summed E-state index contributed by atoms with van der Waals surface area (Å²) in [6.45, 7) is 0.330. The van der Waals surface area contributed by atoms with Crippen molar-refractivity contribution in [1.82, 2.24) is 5.43 Å². The van der Waals surface area contributed by atoms with Crippen LogP contribution in [0.4, 0.5) is 11.4 Å². The van der Waals surface area contributed by atoms with Gasteiger partial charge in [0.25, 0.3) is 5.91 Å². The molecule has 8 nitrogen and oxygen atoms in total. The van der Waals surface area contributed by atoms with Gasteiger partial charge in [-0.3, -0.25) is 10.2 Å². The molecule has 4 aromatic carbocycles. The Hall–Kier alpha value is -3.16. The van der Waals surface area contributed by atoms with Gasteiger partial charge in [0.15, 0.2) is 10.8 Å². The number of fused-ring (bicyclic) bond motifs is 2. The summed E-state index contributed by atoms with van der Waals surface area (Å²) in [4.78, 5) is 15.2. The van der Waals surface area contributed by atoms with Crippen LogP contribution in [0.25, 0.3) is 10.8 Å². The van der Waals surface area contributed by atoms with Gasteiger partial charge in [0, 0.05) is 14.5 Å². The number of carbonyl (C=O) groups is 1. The second-order valence-corrected chi connectivity index (χ2v) is 12.1. The molecule has 12 heteroatoms. The van der Waals surface area contributed by atoms with Crippen molar-refractivity contribution in [2.45, 2.75) is 11.4 Å². The number of nitrogens with zero attached hydrogens (tertiary/aromatic N) is 2. The molecular weight excluding hydrogens is 654 g/mol. The van der Waals surface area contributed by atoms with Crippen LogP contribution in [-0.4, -0.2) is 25.1 Å². The summed E-state index contributed by atoms with van der Waals surface area (Å²) in [5, 5.41) is 14.5. The fourth-order valence-corrected chi connectivity index (χ4v) is 6.59. The number of primary sulfonamides is 1. The molecule has 0 unspecified atom stereocenters. The van der Waals surface area contributed by atoms with Crippen molar-refractivity contribution < 1.29 is 13.2 Å². The average Bonchev–Trinajstić information content (AvgIpc) is 3.13. The highest BCUT2D eigenvalue weighted by molar-refractivity contribution is 9.11. The molecule has 5 rings (SSSR count). The molecule has 1 aliphatic heterocycles. The van der Waals surface area contributed by atoms with Gasteiger partial charge in [0.2, 0.25) is 10.0 Å². The zero-order chi connectivity index (χ0) is 27.0. The van der Waals surface area contributed by atoms with Gasteiger partial charge in [-0.25, -0.2) is 13.6 Å². The second kappa shape index (κ2) is 10.5. The van der Waals surface area contributed by atoms with Crippen molar-refractivity contribution in [1.29, 1.82) is 0 Å². The monoisotopic (exact) mass is 671 g/mol. The number of rotatable bonds is 5. The lowest BCUT2D eigenvalue weighted by Gasteiger charge is -2.19. The number of benzene rings is 4. The first kappa shape index (κ1) is 26.4. The third-order valence-electron chi connectivity index (χ3n) is 5.92. The lowest BCUT2D eigenvalue weighted by molar-refractivity contribution is -0.112. The maximum atomic E-state index is 13.7. The van der Waals surface area contributed by atoms with Crippen LogP contribution in [0.3, 0.4) is 0 Å². The van der Waals surface area contributed by atoms with E-state index < -0.39 is 10.0 Å². The van der Waals surface area contributed by atoms with Gasteiger partial charge in [0.05, 0.1) is 17.9 Å². The van der Waals surface area contributed by atoms with Crippen molar-refractivity contribution in [2.24, 2.45) is 10.2 Å². The van der Waals surface area contributed by atoms with Crippen molar-refractivity contribution in [3.05, 3.63) is 98.9 Å². The number of hydrazone groups is 1. The zero-order valence-corrected chi connectivity index (χ0v) is 24.3.